The molecule has 2 atom stereocenters. The maximum Gasteiger partial charge on any atom is 0.225 e. The number of nitrogens with one attached hydrogen (secondary N) is 1. The lowest BCUT2D eigenvalue weighted by atomic mass is 9.74. The van der Waals surface area contributed by atoms with E-state index in [0.717, 1.165) is 37.8 Å². The van der Waals surface area contributed by atoms with Crippen LogP contribution in [0.2, 0.25) is 0 Å². The zero-order valence-electron chi connectivity index (χ0n) is 14.2. The molecule has 5 heteroatoms. The molecule has 1 aromatic heterocycles. The fourth-order valence-corrected chi connectivity index (χ4v) is 3.45. The highest BCUT2D eigenvalue weighted by Gasteiger charge is 2.37. The highest BCUT2D eigenvalue weighted by Crippen LogP contribution is 2.31. The molecule has 1 aliphatic carbocycles. The van der Waals surface area contributed by atoms with Gasteiger partial charge >= 0.3 is 0 Å². The SMILES string of the molecule is CC1(N)CCCCC1C(=O)NCc1ccc(Cn2ccnc2)cc1. The van der Waals surface area contributed by atoms with Crippen LogP contribution in [0.1, 0.15) is 43.7 Å². The zero-order valence-corrected chi connectivity index (χ0v) is 14.2. The van der Waals surface area contributed by atoms with Crippen LogP contribution in [0.3, 0.4) is 0 Å². The molecule has 1 heterocycles. The standard InChI is InChI=1S/C19H26N4O/c1-19(20)9-3-2-4-17(19)18(24)22-12-15-5-7-16(8-6-15)13-23-11-10-21-14-23/h5-8,10-11,14,17H,2-4,9,12-13,20H2,1H3,(H,22,24). The number of nitrogens with zero attached hydrogens (tertiary/aromatic N) is 2. The summed E-state index contributed by atoms with van der Waals surface area (Å²) in [5.74, 6) is 0.00829. The quantitative estimate of drug-likeness (QED) is 0.886. The molecule has 1 aliphatic rings. The van der Waals surface area contributed by atoms with Crippen molar-refractivity contribution in [3.63, 3.8) is 0 Å². The molecule has 128 valence electrons. The molecule has 1 amide bonds. The number of nitrogens with two attached hydrogens (primary N) is 1. The lowest BCUT2D eigenvalue weighted by Crippen LogP contribution is -2.52. The Bertz CT molecular complexity index is 661. The molecule has 24 heavy (non-hydrogen) atoms. The van der Waals surface area contributed by atoms with Crippen LogP contribution in [0.25, 0.3) is 0 Å². The molecule has 0 bridgehead atoms. The van der Waals surface area contributed by atoms with Gasteiger partial charge in [-0.15, -0.1) is 0 Å². The van der Waals surface area contributed by atoms with Gasteiger partial charge in [-0.2, -0.15) is 0 Å². The van der Waals surface area contributed by atoms with Gasteiger partial charge in [0.2, 0.25) is 5.91 Å². The van der Waals surface area contributed by atoms with Crippen LogP contribution in [-0.2, 0) is 17.9 Å². The van der Waals surface area contributed by atoms with E-state index in [2.05, 4.69) is 34.6 Å². The molecule has 3 rings (SSSR count). The largest absolute Gasteiger partial charge is 0.352 e. The highest BCUT2D eigenvalue weighted by atomic mass is 16.1. The fourth-order valence-electron chi connectivity index (χ4n) is 3.45. The topological polar surface area (TPSA) is 72.9 Å². The molecule has 3 N–H and O–H groups in total. The normalized spacial score (nSPS) is 23.8. The van der Waals surface area contributed by atoms with Gasteiger partial charge in [0.25, 0.3) is 0 Å². The highest BCUT2D eigenvalue weighted by molar-refractivity contribution is 5.80. The number of aromatic nitrogens is 2. The monoisotopic (exact) mass is 326 g/mol. The number of amides is 1. The second-order valence-electron chi connectivity index (χ2n) is 7.07. The minimum Gasteiger partial charge on any atom is -0.352 e. The van der Waals surface area contributed by atoms with E-state index in [0.29, 0.717) is 6.54 Å². The number of carbonyl (C=O) groups excluding carboxylic acids is 1. The summed E-state index contributed by atoms with van der Waals surface area (Å²) in [6, 6.07) is 8.31. The molecule has 2 unspecified atom stereocenters. The van der Waals surface area contributed by atoms with Crippen LogP contribution in [0, 0.1) is 5.92 Å². The van der Waals surface area contributed by atoms with Crippen LogP contribution in [0.4, 0.5) is 0 Å². The summed E-state index contributed by atoms with van der Waals surface area (Å²) >= 11 is 0. The van der Waals surface area contributed by atoms with E-state index in [1.165, 1.54) is 5.56 Å². The maximum atomic E-state index is 12.5. The van der Waals surface area contributed by atoms with Gasteiger partial charge < -0.3 is 15.6 Å². The average Bonchev–Trinajstić information content (AvgIpc) is 3.06. The first-order valence-corrected chi connectivity index (χ1v) is 8.65. The zero-order chi connectivity index (χ0) is 17.0. The smallest absolute Gasteiger partial charge is 0.225 e. The third-order valence-electron chi connectivity index (χ3n) is 4.98. The molecule has 0 radical (unpaired) electrons. The van der Waals surface area contributed by atoms with Gasteiger partial charge in [0.1, 0.15) is 0 Å². The van der Waals surface area contributed by atoms with Gasteiger partial charge in [0, 0.05) is 31.0 Å². The Balaban J connectivity index is 1.53. The number of carbonyl (C=O) groups is 1. The van der Waals surface area contributed by atoms with E-state index in [4.69, 9.17) is 5.73 Å². The van der Waals surface area contributed by atoms with Gasteiger partial charge in [-0.05, 0) is 30.9 Å². The van der Waals surface area contributed by atoms with E-state index in [1.807, 2.05) is 24.0 Å². The van der Waals surface area contributed by atoms with E-state index in [-0.39, 0.29) is 17.4 Å². The summed E-state index contributed by atoms with van der Waals surface area (Å²) < 4.78 is 2.03. The third kappa shape index (κ3) is 4.03. The number of rotatable bonds is 5. The summed E-state index contributed by atoms with van der Waals surface area (Å²) in [5.41, 5.74) is 8.25. The van der Waals surface area contributed by atoms with E-state index < -0.39 is 0 Å². The summed E-state index contributed by atoms with van der Waals surface area (Å²) in [4.78, 5) is 16.5. The van der Waals surface area contributed by atoms with Crippen molar-refractivity contribution in [2.75, 3.05) is 0 Å². The summed E-state index contributed by atoms with van der Waals surface area (Å²) in [6.07, 6.45) is 9.56. The summed E-state index contributed by atoms with van der Waals surface area (Å²) in [5, 5.41) is 3.06. The van der Waals surface area contributed by atoms with Crippen molar-refractivity contribution in [3.8, 4) is 0 Å². The summed E-state index contributed by atoms with van der Waals surface area (Å²) in [6.45, 7) is 3.36. The van der Waals surface area contributed by atoms with Crippen LogP contribution in [-0.4, -0.2) is 21.0 Å². The van der Waals surface area contributed by atoms with Crippen molar-refractivity contribution in [1.82, 2.24) is 14.9 Å². The van der Waals surface area contributed by atoms with Gasteiger partial charge in [-0.3, -0.25) is 4.79 Å². The van der Waals surface area contributed by atoms with Crippen LogP contribution < -0.4 is 11.1 Å². The minimum absolute atomic E-state index is 0.0771. The Hall–Kier alpha value is -2.14. The molecule has 1 fully saturated rings. The maximum absolute atomic E-state index is 12.5. The van der Waals surface area contributed by atoms with Gasteiger partial charge in [-0.1, -0.05) is 37.1 Å². The van der Waals surface area contributed by atoms with E-state index in [9.17, 15) is 4.79 Å². The lowest BCUT2D eigenvalue weighted by Gasteiger charge is -2.37. The Labute approximate surface area is 143 Å². The van der Waals surface area contributed by atoms with Crippen LogP contribution >= 0.6 is 0 Å². The fraction of sp³-hybridized carbons (Fsp3) is 0.474. The van der Waals surface area contributed by atoms with E-state index in [1.54, 1.807) is 6.20 Å². The van der Waals surface area contributed by atoms with Crippen molar-refractivity contribution < 1.29 is 4.79 Å². The minimum atomic E-state index is -0.378. The van der Waals surface area contributed by atoms with Gasteiger partial charge in [0.15, 0.2) is 0 Å². The van der Waals surface area contributed by atoms with Crippen LogP contribution in [0.15, 0.2) is 43.0 Å². The van der Waals surface area contributed by atoms with Crippen LogP contribution in [0.5, 0.6) is 0 Å². The first-order valence-electron chi connectivity index (χ1n) is 8.65. The lowest BCUT2D eigenvalue weighted by molar-refractivity contribution is -0.128. The van der Waals surface area contributed by atoms with Gasteiger partial charge in [0.05, 0.1) is 12.2 Å². The first kappa shape index (κ1) is 16.7. The molecule has 0 aliphatic heterocycles. The van der Waals surface area contributed by atoms with Crippen molar-refractivity contribution in [1.29, 1.82) is 0 Å². The number of hydrogen-bond donors (Lipinski definition) is 2. The molecule has 1 aromatic carbocycles. The Morgan fingerprint density at radius 3 is 2.75 bits per heavy atom. The second kappa shape index (κ2) is 7.18. The molecular weight excluding hydrogens is 300 g/mol. The van der Waals surface area contributed by atoms with Crippen molar-refractivity contribution in [2.24, 2.45) is 11.7 Å². The molecule has 0 saturated heterocycles. The van der Waals surface area contributed by atoms with Crippen molar-refractivity contribution in [3.05, 3.63) is 54.1 Å². The summed E-state index contributed by atoms with van der Waals surface area (Å²) in [7, 11) is 0. The predicted octanol–water partition coefficient (Wildman–Crippen LogP) is 2.46. The average molecular weight is 326 g/mol. The number of benzene rings is 1. The number of hydrogen-bond acceptors (Lipinski definition) is 3. The second-order valence-corrected chi connectivity index (χ2v) is 7.07. The van der Waals surface area contributed by atoms with E-state index >= 15 is 0 Å². The third-order valence-corrected chi connectivity index (χ3v) is 4.98. The Morgan fingerprint density at radius 2 is 2.08 bits per heavy atom. The Kier molecular flexibility index (Phi) is 5.00. The number of imidazole rings is 1. The van der Waals surface area contributed by atoms with Gasteiger partial charge in [-0.25, -0.2) is 4.98 Å². The molecular formula is C19H26N4O. The van der Waals surface area contributed by atoms with Crippen molar-refractivity contribution in [2.45, 2.75) is 51.2 Å². The predicted molar refractivity (Wildman–Crippen MR) is 94.2 cm³/mol. The first-order chi connectivity index (χ1) is 11.5. The molecule has 2 aromatic rings. The van der Waals surface area contributed by atoms with Crippen molar-refractivity contribution >= 4 is 5.91 Å². The molecule has 1 saturated carbocycles. The Morgan fingerprint density at radius 1 is 1.33 bits per heavy atom. The molecule has 0 spiro atoms. The molecule has 5 nitrogen and oxygen atoms in total.